The van der Waals surface area contributed by atoms with Crippen molar-refractivity contribution in [3.8, 4) is 0 Å². The van der Waals surface area contributed by atoms with Gasteiger partial charge in [0.25, 0.3) is 0 Å². The fourth-order valence-electron chi connectivity index (χ4n) is 2.92. The Bertz CT molecular complexity index is 876. The summed E-state index contributed by atoms with van der Waals surface area (Å²) in [6.07, 6.45) is 0. The highest BCUT2D eigenvalue weighted by atomic mass is 16.3. The Morgan fingerprint density at radius 2 is 2.08 bits per heavy atom. The van der Waals surface area contributed by atoms with Crippen LogP contribution in [0.5, 0.6) is 0 Å². The molecule has 0 aliphatic carbocycles. The first kappa shape index (κ1) is 17.2. The Morgan fingerprint density at radius 3 is 2.72 bits per heavy atom. The number of furan rings is 1. The van der Waals surface area contributed by atoms with Crippen molar-refractivity contribution in [2.45, 2.75) is 26.8 Å². The maximum atomic E-state index is 12.4. The molecule has 0 spiro atoms. The van der Waals surface area contributed by atoms with Gasteiger partial charge in [-0.05, 0) is 40.0 Å². The minimum absolute atomic E-state index is 0.00533. The molecule has 25 heavy (non-hydrogen) atoms. The Morgan fingerprint density at radius 1 is 1.36 bits per heavy atom. The molecule has 3 rings (SSSR count). The zero-order valence-corrected chi connectivity index (χ0v) is 15.3. The van der Waals surface area contributed by atoms with E-state index in [0.717, 1.165) is 33.8 Å². The predicted octanol–water partition coefficient (Wildman–Crippen LogP) is 3.41. The molecular weight excluding hydrogens is 316 g/mol. The van der Waals surface area contributed by atoms with Crippen molar-refractivity contribution in [3.05, 3.63) is 47.5 Å². The van der Waals surface area contributed by atoms with Crippen LogP contribution in [-0.4, -0.2) is 34.2 Å². The lowest BCUT2D eigenvalue weighted by atomic mass is 10.2. The Labute approximate surface area is 147 Å². The molecule has 2 heterocycles. The summed E-state index contributed by atoms with van der Waals surface area (Å²) in [5.41, 5.74) is 3.42. The monoisotopic (exact) mass is 340 g/mol. The van der Waals surface area contributed by atoms with Gasteiger partial charge in [0.05, 0.1) is 29.7 Å². The lowest BCUT2D eigenvalue weighted by Crippen LogP contribution is -2.32. The van der Waals surface area contributed by atoms with Gasteiger partial charge in [-0.3, -0.25) is 14.4 Å². The first-order valence-electron chi connectivity index (χ1n) is 8.35. The normalized spacial score (nSPS) is 12.7. The molecule has 1 amide bonds. The van der Waals surface area contributed by atoms with Gasteiger partial charge < -0.3 is 9.73 Å². The van der Waals surface area contributed by atoms with E-state index in [1.165, 1.54) is 0 Å². The van der Waals surface area contributed by atoms with Crippen molar-refractivity contribution in [2.75, 3.05) is 18.9 Å². The standard InChI is InChI=1S/C19H24N4O2/c1-12-19(14(3)23(5)21-12)20-18(24)11-22(4)13(2)17-10-15-8-6-7-9-16(15)25-17/h6-10,13H,11H2,1-5H3,(H,20,24). The number of rotatable bonds is 5. The van der Waals surface area contributed by atoms with Crippen molar-refractivity contribution in [1.29, 1.82) is 0 Å². The molecule has 6 heteroatoms. The van der Waals surface area contributed by atoms with Crippen molar-refractivity contribution in [1.82, 2.24) is 14.7 Å². The second-order valence-electron chi connectivity index (χ2n) is 6.50. The minimum Gasteiger partial charge on any atom is -0.459 e. The fourth-order valence-corrected chi connectivity index (χ4v) is 2.92. The van der Waals surface area contributed by atoms with Gasteiger partial charge in [0.2, 0.25) is 5.91 Å². The largest absolute Gasteiger partial charge is 0.459 e. The zero-order chi connectivity index (χ0) is 18.1. The summed E-state index contributed by atoms with van der Waals surface area (Å²) in [6.45, 7) is 6.14. The van der Waals surface area contributed by atoms with Crippen LogP contribution in [0.4, 0.5) is 5.69 Å². The molecule has 0 aliphatic rings. The number of carbonyl (C=O) groups excluding carboxylic acids is 1. The van der Waals surface area contributed by atoms with Crippen LogP contribution < -0.4 is 5.32 Å². The lowest BCUT2D eigenvalue weighted by Gasteiger charge is -2.22. The van der Waals surface area contributed by atoms with Gasteiger partial charge in [-0.15, -0.1) is 0 Å². The van der Waals surface area contributed by atoms with Gasteiger partial charge in [-0.25, -0.2) is 0 Å². The van der Waals surface area contributed by atoms with E-state index in [2.05, 4.69) is 10.4 Å². The number of amides is 1. The van der Waals surface area contributed by atoms with Crippen LogP contribution >= 0.6 is 0 Å². The van der Waals surface area contributed by atoms with Gasteiger partial charge in [0.1, 0.15) is 11.3 Å². The van der Waals surface area contributed by atoms with Crippen LogP contribution in [0, 0.1) is 13.8 Å². The number of para-hydroxylation sites is 1. The van der Waals surface area contributed by atoms with Gasteiger partial charge in [0.15, 0.2) is 0 Å². The van der Waals surface area contributed by atoms with E-state index < -0.39 is 0 Å². The highest BCUT2D eigenvalue weighted by Crippen LogP contribution is 2.26. The maximum Gasteiger partial charge on any atom is 0.238 e. The number of hydrogen-bond acceptors (Lipinski definition) is 4. The summed E-state index contributed by atoms with van der Waals surface area (Å²) in [6, 6.07) is 9.94. The molecule has 132 valence electrons. The number of aromatic nitrogens is 2. The third kappa shape index (κ3) is 3.44. The quantitative estimate of drug-likeness (QED) is 0.773. The number of anilines is 1. The third-order valence-electron chi connectivity index (χ3n) is 4.68. The average molecular weight is 340 g/mol. The molecule has 0 bridgehead atoms. The van der Waals surface area contributed by atoms with Gasteiger partial charge in [-0.1, -0.05) is 18.2 Å². The van der Waals surface area contributed by atoms with Crippen molar-refractivity contribution >= 4 is 22.6 Å². The number of benzene rings is 1. The predicted molar refractivity (Wildman–Crippen MR) is 98.6 cm³/mol. The molecule has 0 fully saturated rings. The highest BCUT2D eigenvalue weighted by Gasteiger charge is 2.20. The summed E-state index contributed by atoms with van der Waals surface area (Å²) < 4.78 is 7.68. The van der Waals surface area contributed by atoms with E-state index in [4.69, 9.17) is 4.42 Å². The SMILES string of the molecule is Cc1nn(C)c(C)c1NC(=O)CN(C)C(C)c1cc2ccccc2o1. The zero-order valence-electron chi connectivity index (χ0n) is 15.3. The molecule has 0 aliphatic heterocycles. The second-order valence-corrected chi connectivity index (χ2v) is 6.50. The molecular formula is C19H24N4O2. The van der Waals surface area contributed by atoms with Crippen LogP contribution in [0.25, 0.3) is 11.0 Å². The number of nitrogens with zero attached hydrogens (tertiary/aromatic N) is 3. The molecule has 0 saturated heterocycles. The molecule has 3 aromatic rings. The molecule has 1 atom stereocenters. The molecule has 2 aromatic heterocycles. The number of hydrogen-bond donors (Lipinski definition) is 1. The fraction of sp³-hybridized carbons (Fsp3) is 0.368. The molecule has 1 aromatic carbocycles. The van der Waals surface area contributed by atoms with E-state index in [-0.39, 0.29) is 18.5 Å². The molecule has 1 unspecified atom stereocenters. The summed E-state index contributed by atoms with van der Waals surface area (Å²) in [7, 11) is 3.79. The van der Waals surface area contributed by atoms with E-state index in [1.54, 1.807) is 4.68 Å². The summed E-state index contributed by atoms with van der Waals surface area (Å²) >= 11 is 0. The van der Waals surface area contributed by atoms with Crippen LogP contribution in [0.2, 0.25) is 0 Å². The topological polar surface area (TPSA) is 63.3 Å². The first-order valence-corrected chi connectivity index (χ1v) is 8.35. The van der Waals surface area contributed by atoms with Crippen molar-refractivity contribution < 1.29 is 9.21 Å². The van der Waals surface area contributed by atoms with Crippen LogP contribution in [0.15, 0.2) is 34.7 Å². The minimum atomic E-state index is -0.0651. The van der Waals surface area contributed by atoms with Crippen LogP contribution in [0.1, 0.15) is 30.1 Å². The summed E-state index contributed by atoms with van der Waals surface area (Å²) in [4.78, 5) is 14.4. The molecule has 6 nitrogen and oxygen atoms in total. The van der Waals surface area contributed by atoms with Gasteiger partial charge in [0, 0.05) is 12.4 Å². The lowest BCUT2D eigenvalue weighted by molar-refractivity contribution is -0.117. The van der Waals surface area contributed by atoms with Crippen molar-refractivity contribution in [3.63, 3.8) is 0 Å². The Kier molecular flexibility index (Phi) is 4.63. The van der Waals surface area contributed by atoms with Crippen molar-refractivity contribution in [2.24, 2.45) is 7.05 Å². The number of likely N-dealkylation sites (N-methyl/N-ethyl adjacent to an activating group) is 1. The Balaban J connectivity index is 1.68. The smallest absolute Gasteiger partial charge is 0.238 e. The summed E-state index contributed by atoms with van der Waals surface area (Å²) in [5.74, 6) is 0.787. The van der Waals surface area contributed by atoms with Gasteiger partial charge >= 0.3 is 0 Å². The van der Waals surface area contributed by atoms with E-state index in [1.807, 2.05) is 70.1 Å². The van der Waals surface area contributed by atoms with E-state index >= 15 is 0 Å². The highest BCUT2D eigenvalue weighted by molar-refractivity contribution is 5.93. The number of carbonyl (C=O) groups is 1. The van der Waals surface area contributed by atoms with Gasteiger partial charge in [-0.2, -0.15) is 5.10 Å². The molecule has 0 saturated carbocycles. The van der Waals surface area contributed by atoms with E-state index in [9.17, 15) is 4.79 Å². The summed E-state index contributed by atoms with van der Waals surface area (Å²) in [5, 5.41) is 8.36. The second kappa shape index (κ2) is 6.72. The maximum absolute atomic E-state index is 12.4. The average Bonchev–Trinajstić information content (AvgIpc) is 3.10. The van der Waals surface area contributed by atoms with Crippen LogP contribution in [0.3, 0.4) is 0 Å². The third-order valence-corrected chi connectivity index (χ3v) is 4.68. The first-order chi connectivity index (χ1) is 11.9. The molecule has 0 radical (unpaired) electrons. The number of fused-ring (bicyclic) bond motifs is 1. The van der Waals surface area contributed by atoms with E-state index in [0.29, 0.717) is 0 Å². The van der Waals surface area contributed by atoms with Crippen LogP contribution in [-0.2, 0) is 11.8 Å². The Hall–Kier alpha value is -2.60. The number of nitrogens with one attached hydrogen (secondary N) is 1. The molecule has 1 N–H and O–H groups in total. The number of aryl methyl sites for hydroxylation is 2.